The number of hydrogen-bond acceptors (Lipinski definition) is 4. The molecule has 0 aliphatic heterocycles. The van der Waals surface area contributed by atoms with Crippen LogP contribution in [-0.4, -0.2) is 17.0 Å². The van der Waals surface area contributed by atoms with E-state index in [4.69, 9.17) is 9.52 Å². The Labute approximate surface area is 184 Å². The van der Waals surface area contributed by atoms with E-state index in [1.165, 1.54) is 12.1 Å². The molecule has 0 fully saturated rings. The molecular weight excluding hydrogens is 406 g/mol. The van der Waals surface area contributed by atoms with Crippen molar-refractivity contribution in [3.05, 3.63) is 117 Å². The molecule has 0 aliphatic rings. The molecule has 160 valence electrons. The van der Waals surface area contributed by atoms with Gasteiger partial charge in [0.1, 0.15) is 11.3 Å². The van der Waals surface area contributed by atoms with E-state index >= 15 is 0 Å². The zero-order chi connectivity index (χ0) is 22.7. The maximum Gasteiger partial charge on any atom is 0.335 e. The smallest absolute Gasteiger partial charge is 0.335 e. The van der Waals surface area contributed by atoms with Gasteiger partial charge < -0.3 is 14.8 Å². The van der Waals surface area contributed by atoms with Crippen molar-refractivity contribution in [1.82, 2.24) is 5.32 Å². The van der Waals surface area contributed by atoms with Gasteiger partial charge >= 0.3 is 5.97 Å². The Morgan fingerprint density at radius 3 is 2.28 bits per heavy atom. The third kappa shape index (κ3) is 4.44. The van der Waals surface area contributed by atoms with E-state index in [1.54, 1.807) is 37.3 Å². The molecule has 3 aromatic carbocycles. The molecule has 2 N–H and O–H groups in total. The second-order valence-corrected chi connectivity index (χ2v) is 7.52. The van der Waals surface area contributed by atoms with Crippen LogP contribution in [0.15, 0.2) is 82.0 Å². The predicted molar refractivity (Wildman–Crippen MR) is 121 cm³/mol. The van der Waals surface area contributed by atoms with Gasteiger partial charge in [-0.05, 0) is 48.4 Å². The molecule has 0 spiro atoms. The van der Waals surface area contributed by atoms with E-state index in [2.05, 4.69) is 5.32 Å². The number of carbonyl (C=O) groups is 2. The van der Waals surface area contributed by atoms with E-state index in [0.717, 1.165) is 11.1 Å². The first-order valence-electron chi connectivity index (χ1n) is 10.1. The van der Waals surface area contributed by atoms with Crippen LogP contribution in [0.4, 0.5) is 0 Å². The normalized spacial score (nSPS) is 10.8. The number of hydrogen-bond donors (Lipinski definition) is 2. The summed E-state index contributed by atoms with van der Waals surface area (Å²) >= 11 is 0. The Morgan fingerprint density at radius 2 is 1.59 bits per heavy atom. The van der Waals surface area contributed by atoms with Gasteiger partial charge in [0.2, 0.25) is 0 Å². The average Bonchev–Trinajstić information content (AvgIpc) is 2.81. The molecule has 0 aliphatic carbocycles. The molecule has 4 aromatic rings. The summed E-state index contributed by atoms with van der Waals surface area (Å²) in [5, 5.41) is 12.2. The van der Waals surface area contributed by atoms with Gasteiger partial charge in [0.05, 0.1) is 10.9 Å². The van der Waals surface area contributed by atoms with Gasteiger partial charge in [-0.2, -0.15) is 0 Å². The lowest BCUT2D eigenvalue weighted by Crippen LogP contribution is -2.23. The maximum absolute atomic E-state index is 13.2. The molecule has 6 nitrogen and oxygen atoms in total. The number of carboxylic acids is 1. The minimum atomic E-state index is -1.00. The third-order valence-electron chi connectivity index (χ3n) is 5.33. The number of aryl methyl sites for hydroxylation is 1. The lowest BCUT2D eigenvalue weighted by molar-refractivity contribution is 0.0696. The highest BCUT2D eigenvalue weighted by molar-refractivity contribution is 5.97. The van der Waals surface area contributed by atoms with Crippen LogP contribution in [0.25, 0.3) is 11.0 Å². The molecular formula is C26H21NO5. The first kappa shape index (κ1) is 21.1. The molecule has 4 rings (SSSR count). The van der Waals surface area contributed by atoms with Crippen molar-refractivity contribution in [2.75, 3.05) is 0 Å². The summed E-state index contributed by atoms with van der Waals surface area (Å²) in [7, 11) is 0. The third-order valence-corrected chi connectivity index (χ3v) is 5.33. The van der Waals surface area contributed by atoms with Crippen LogP contribution in [0.5, 0.6) is 0 Å². The van der Waals surface area contributed by atoms with E-state index in [0.29, 0.717) is 40.8 Å². The summed E-state index contributed by atoms with van der Waals surface area (Å²) in [6, 6.07) is 20.8. The minimum absolute atomic E-state index is 0.183. The zero-order valence-electron chi connectivity index (χ0n) is 17.4. The number of rotatable bonds is 6. The predicted octanol–water partition coefficient (Wildman–Crippen LogP) is 4.32. The molecule has 32 heavy (non-hydrogen) atoms. The van der Waals surface area contributed by atoms with E-state index in [9.17, 15) is 14.4 Å². The van der Waals surface area contributed by atoms with E-state index < -0.39 is 5.97 Å². The number of carboxylic acid groups (broad SMARTS) is 1. The highest BCUT2D eigenvalue weighted by Crippen LogP contribution is 2.19. The number of carbonyl (C=O) groups excluding carboxylic acids is 1. The van der Waals surface area contributed by atoms with Crippen molar-refractivity contribution < 1.29 is 19.1 Å². The lowest BCUT2D eigenvalue weighted by atomic mass is 10.0. The van der Waals surface area contributed by atoms with Crippen molar-refractivity contribution in [3.8, 4) is 0 Å². The highest BCUT2D eigenvalue weighted by atomic mass is 16.4. The molecule has 0 radical (unpaired) electrons. The maximum atomic E-state index is 13.2. The summed E-state index contributed by atoms with van der Waals surface area (Å²) in [6.07, 6.45) is 0.300. The highest BCUT2D eigenvalue weighted by Gasteiger charge is 2.15. The van der Waals surface area contributed by atoms with Crippen molar-refractivity contribution in [2.45, 2.75) is 19.9 Å². The van der Waals surface area contributed by atoms with Crippen LogP contribution in [-0.2, 0) is 13.0 Å². The Bertz CT molecular complexity index is 1360. The van der Waals surface area contributed by atoms with Gasteiger partial charge in [0, 0.05) is 24.1 Å². The SMILES string of the molecule is Cc1oc2ccc(C(=O)NCc3ccccc3)cc2c(=O)c1Cc1ccc(C(=O)O)cc1. The summed E-state index contributed by atoms with van der Waals surface area (Å²) in [6.45, 7) is 2.11. The molecule has 0 saturated heterocycles. The molecule has 1 amide bonds. The first-order chi connectivity index (χ1) is 15.4. The van der Waals surface area contributed by atoms with Gasteiger partial charge in [-0.3, -0.25) is 9.59 Å². The zero-order valence-corrected chi connectivity index (χ0v) is 17.4. The summed E-state index contributed by atoms with van der Waals surface area (Å²) in [5.41, 5.74) is 3.02. The second-order valence-electron chi connectivity index (χ2n) is 7.52. The Kier molecular flexibility index (Phi) is 5.85. The van der Waals surface area contributed by atoms with Crippen LogP contribution in [0.3, 0.4) is 0 Å². The lowest BCUT2D eigenvalue weighted by Gasteiger charge is -2.09. The molecule has 0 saturated carbocycles. The fourth-order valence-corrected chi connectivity index (χ4v) is 3.54. The van der Waals surface area contributed by atoms with Gasteiger partial charge in [0.25, 0.3) is 5.91 Å². The monoisotopic (exact) mass is 427 g/mol. The van der Waals surface area contributed by atoms with Crippen molar-refractivity contribution in [1.29, 1.82) is 0 Å². The Morgan fingerprint density at radius 1 is 0.906 bits per heavy atom. The quantitative estimate of drug-likeness (QED) is 0.478. The van der Waals surface area contributed by atoms with Crippen LogP contribution in [0.1, 0.15) is 43.2 Å². The number of amides is 1. The minimum Gasteiger partial charge on any atom is -0.478 e. The van der Waals surface area contributed by atoms with Gasteiger partial charge in [-0.25, -0.2) is 4.79 Å². The molecule has 0 bridgehead atoms. The van der Waals surface area contributed by atoms with Crippen LogP contribution >= 0.6 is 0 Å². The Balaban J connectivity index is 1.61. The Hall–Kier alpha value is -4.19. The number of fused-ring (bicyclic) bond motifs is 1. The van der Waals surface area contributed by atoms with E-state index in [1.807, 2.05) is 30.3 Å². The molecule has 0 atom stereocenters. The van der Waals surface area contributed by atoms with Crippen molar-refractivity contribution >= 4 is 22.8 Å². The van der Waals surface area contributed by atoms with Crippen LogP contribution in [0, 0.1) is 6.92 Å². The van der Waals surface area contributed by atoms with Crippen molar-refractivity contribution in [2.24, 2.45) is 0 Å². The summed E-state index contributed by atoms with van der Waals surface area (Å²) < 4.78 is 5.85. The van der Waals surface area contributed by atoms with Crippen molar-refractivity contribution in [3.63, 3.8) is 0 Å². The van der Waals surface area contributed by atoms with Gasteiger partial charge in [-0.15, -0.1) is 0 Å². The standard InChI is InChI=1S/C26H21NO5/c1-16-21(13-17-7-9-19(10-8-17)26(30)31)24(28)22-14-20(11-12-23(22)32-16)25(29)27-15-18-5-3-2-4-6-18/h2-12,14H,13,15H2,1H3,(H,27,29)(H,30,31). The summed E-state index contributed by atoms with van der Waals surface area (Å²) in [4.78, 5) is 36.8. The molecule has 1 aromatic heterocycles. The van der Waals surface area contributed by atoms with Crippen LogP contribution < -0.4 is 10.7 Å². The number of nitrogens with one attached hydrogen (secondary N) is 1. The molecule has 6 heteroatoms. The van der Waals surface area contributed by atoms with Gasteiger partial charge in [0.15, 0.2) is 5.43 Å². The first-order valence-corrected chi connectivity index (χ1v) is 10.1. The fraction of sp³-hybridized carbons (Fsp3) is 0.115. The van der Waals surface area contributed by atoms with Crippen LogP contribution in [0.2, 0.25) is 0 Å². The largest absolute Gasteiger partial charge is 0.478 e. The topological polar surface area (TPSA) is 96.6 Å². The average molecular weight is 427 g/mol. The number of benzene rings is 3. The van der Waals surface area contributed by atoms with Gasteiger partial charge in [-0.1, -0.05) is 42.5 Å². The molecule has 0 unspecified atom stereocenters. The number of aromatic carboxylic acids is 1. The van der Waals surface area contributed by atoms with E-state index in [-0.39, 0.29) is 16.9 Å². The molecule has 1 heterocycles. The fourth-order valence-electron chi connectivity index (χ4n) is 3.54. The summed E-state index contributed by atoms with van der Waals surface area (Å²) in [5.74, 6) is -0.788. The second kappa shape index (κ2) is 8.89.